The Bertz CT molecular complexity index is 428. The predicted octanol–water partition coefficient (Wildman–Crippen LogP) is 1.77. The Kier molecular flexibility index (Phi) is 4.74. The average molecular weight is 235 g/mol. The number of carbonyl (C=O) groups is 2. The number of carbonyl (C=O) groups excluding carboxylic acids is 2. The molecule has 0 radical (unpaired) electrons. The first-order valence-electron chi connectivity index (χ1n) is 4.93. The molecule has 0 unspecified atom stereocenters. The van der Waals surface area contributed by atoms with Crippen LogP contribution in [0.4, 0.5) is 0 Å². The molecule has 0 saturated carbocycles. The molecule has 1 heterocycles. The molecule has 0 fully saturated rings. The second kappa shape index (κ2) is 6.09. The maximum Gasteiger partial charge on any atom is 0.221 e. The van der Waals surface area contributed by atoms with Crippen LogP contribution in [0.5, 0.6) is 0 Å². The molecule has 4 heteroatoms. The molecule has 0 aliphatic heterocycles. The molecule has 1 aromatic heterocycles. The molecule has 1 N–H and O–H groups in total. The van der Waals surface area contributed by atoms with Crippen molar-refractivity contribution in [1.82, 2.24) is 5.32 Å². The van der Waals surface area contributed by atoms with E-state index in [4.69, 9.17) is 6.42 Å². The van der Waals surface area contributed by atoms with Crippen molar-refractivity contribution in [2.45, 2.75) is 19.8 Å². The SMILES string of the molecule is C#CCNC(=O)CCC(=O)c1ccc(C)s1. The zero-order chi connectivity index (χ0) is 12.0. The van der Waals surface area contributed by atoms with Crippen molar-refractivity contribution in [3.63, 3.8) is 0 Å². The first-order valence-corrected chi connectivity index (χ1v) is 5.75. The normalized spacial score (nSPS) is 9.50. The number of thiophene rings is 1. The van der Waals surface area contributed by atoms with Gasteiger partial charge >= 0.3 is 0 Å². The van der Waals surface area contributed by atoms with E-state index in [0.29, 0.717) is 4.88 Å². The highest BCUT2D eigenvalue weighted by Crippen LogP contribution is 2.17. The maximum atomic E-state index is 11.6. The number of terminal acetylenes is 1. The van der Waals surface area contributed by atoms with E-state index in [1.807, 2.05) is 13.0 Å². The van der Waals surface area contributed by atoms with E-state index < -0.39 is 0 Å². The molecule has 0 spiro atoms. The van der Waals surface area contributed by atoms with Crippen LogP contribution in [0.1, 0.15) is 27.4 Å². The summed E-state index contributed by atoms with van der Waals surface area (Å²) in [6.45, 7) is 2.16. The van der Waals surface area contributed by atoms with Gasteiger partial charge in [0.05, 0.1) is 11.4 Å². The Balaban J connectivity index is 2.36. The summed E-state index contributed by atoms with van der Waals surface area (Å²) >= 11 is 1.45. The van der Waals surface area contributed by atoms with Crippen LogP contribution in [0.2, 0.25) is 0 Å². The summed E-state index contributed by atoms with van der Waals surface area (Å²) in [4.78, 5) is 24.6. The first kappa shape index (κ1) is 12.5. The van der Waals surface area contributed by atoms with Crippen LogP contribution in [0.15, 0.2) is 12.1 Å². The fourth-order valence-corrected chi connectivity index (χ4v) is 2.01. The largest absolute Gasteiger partial charge is 0.345 e. The van der Waals surface area contributed by atoms with Crippen molar-refractivity contribution < 1.29 is 9.59 Å². The molecular formula is C12H13NO2S. The van der Waals surface area contributed by atoms with Gasteiger partial charge in [0.25, 0.3) is 0 Å². The Morgan fingerprint density at radius 1 is 1.44 bits per heavy atom. The summed E-state index contributed by atoms with van der Waals surface area (Å²) in [7, 11) is 0. The predicted molar refractivity (Wildman–Crippen MR) is 64.5 cm³/mol. The van der Waals surface area contributed by atoms with Crippen molar-refractivity contribution in [2.24, 2.45) is 0 Å². The number of aryl methyl sites for hydroxylation is 1. The van der Waals surface area contributed by atoms with Crippen molar-refractivity contribution in [1.29, 1.82) is 0 Å². The fourth-order valence-electron chi connectivity index (χ4n) is 1.17. The van der Waals surface area contributed by atoms with Gasteiger partial charge in [-0.25, -0.2) is 0 Å². The molecule has 1 amide bonds. The Morgan fingerprint density at radius 3 is 2.75 bits per heavy atom. The second-order valence-electron chi connectivity index (χ2n) is 3.31. The monoisotopic (exact) mass is 235 g/mol. The van der Waals surface area contributed by atoms with Crippen LogP contribution >= 0.6 is 11.3 Å². The van der Waals surface area contributed by atoms with Crippen LogP contribution in [0.3, 0.4) is 0 Å². The van der Waals surface area contributed by atoms with Crippen LogP contribution in [-0.2, 0) is 4.79 Å². The van der Waals surface area contributed by atoms with Crippen molar-refractivity contribution in [3.05, 3.63) is 21.9 Å². The van der Waals surface area contributed by atoms with Crippen LogP contribution in [0, 0.1) is 19.3 Å². The molecule has 1 aromatic rings. The lowest BCUT2D eigenvalue weighted by Gasteiger charge is -1.99. The van der Waals surface area contributed by atoms with Gasteiger partial charge in [0.15, 0.2) is 5.78 Å². The molecule has 16 heavy (non-hydrogen) atoms. The number of rotatable bonds is 5. The van der Waals surface area contributed by atoms with Gasteiger partial charge in [-0.3, -0.25) is 9.59 Å². The zero-order valence-electron chi connectivity index (χ0n) is 9.08. The third kappa shape index (κ3) is 3.87. The van der Waals surface area contributed by atoms with Crippen molar-refractivity contribution >= 4 is 23.0 Å². The molecule has 0 saturated heterocycles. The van der Waals surface area contributed by atoms with E-state index in [1.165, 1.54) is 11.3 Å². The van der Waals surface area contributed by atoms with Gasteiger partial charge in [0.1, 0.15) is 0 Å². The summed E-state index contributed by atoms with van der Waals surface area (Å²) in [5.41, 5.74) is 0. The topological polar surface area (TPSA) is 46.2 Å². The van der Waals surface area contributed by atoms with Crippen molar-refractivity contribution in [3.8, 4) is 12.3 Å². The lowest BCUT2D eigenvalue weighted by Crippen LogP contribution is -2.23. The minimum atomic E-state index is -0.181. The Labute approximate surface area is 98.9 Å². The molecule has 0 aliphatic rings. The quantitative estimate of drug-likeness (QED) is 0.624. The third-order valence-corrected chi connectivity index (χ3v) is 3.02. The summed E-state index contributed by atoms with van der Waals surface area (Å²) in [5.74, 6) is 2.13. The molecule has 0 atom stereocenters. The number of nitrogens with one attached hydrogen (secondary N) is 1. The van der Waals surface area contributed by atoms with E-state index in [-0.39, 0.29) is 31.1 Å². The second-order valence-corrected chi connectivity index (χ2v) is 4.60. The van der Waals surface area contributed by atoms with E-state index in [0.717, 1.165) is 4.88 Å². The van der Waals surface area contributed by atoms with E-state index >= 15 is 0 Å². The van der Waals surface area contributed by atoms with Gasteiger partial charge in [0.2, 0.25) is 5.91 Å². The molecule has 0 bridgehead atoms. The van der Waals surface area contributed by atoms with Crippen LogP contribution in [-0.4, -0.2) is 18.2 Å². The smallest absolute Gasteiger partial charge is 0.221 e. The summed E-state index contributed by atoms with van der Waals surface area (Å²) in [6.07, 6.45) is 5.42. The minimum absolute atomic E-state index is 0.00829. The molecule has 84 valence electrons. The van der Waals surface area contributed by atoms with Gasteiger partial charge in [-0.1, -0.05) is 5.92 Å². The number of Topliss-reactive ketones (excluding diaryl/α,β-unsaturated/α-hetero) is 1. The van der Waals surface area contributed by atoms with Crippen LogP contribution in [0.25, 0.3) is 0 Å². The molecule has 1 rings (SSSR count). The Hall–Kier alpha value is -1.60. The van der Waals surface area contributed by atoms with Crippen molar-refractivity contribution in [2.75, 3.05) is 6.54 Å². The summed E-state index contributed by atoms with van der Waals surface area (Å²) in [5, 5.41) is 2.52. The lowest BCUT2D eigenvalue weighted by molar-refractivity contribution is -0.120. The standard InChI is InChI=1S/C12H13NO2S/c1-3-8-13-12(15)7-5-10(14)11-6-4-9(2)16-11/h1,4,6H,5,7-8H2,2H3,(H,13,15). The highest BCUT2D eigenvalue weighted by Gasteiger charge is 2.10. The summed E-state index contributed by atoms with van der Waals surface area (Å²) < 4.78 is 0. The fraction of sp³-hybridized carbons (Fsp3) is 0.333. The number of amides is 1. The van der Waals surface area contributed by atoms with Gasteiger partial charge < -0.3 is 5.32 Å². The lowest BCUT2D eigenvalue weighted by atomic mass is 10.2. The highest BCUT2D eigenvalue weighted by atomic mass is 32.1. The van der Waals surface area contributed by atoms with Crippen LogP contribution < -0.4 is 5.32 Å². The van der Waals surface area contributed by atoms with Gasteiger partial charge in [-0.05, 0) is 19.1 Å². The number of hydrogen-bond acceptors (Lipinski definition) is 3. The molecule has 0 aliphatic carbocycles. The molecular weight excluding hydrogens is 222 g/mol. The molecule has 3 nitrogen and oxygen atoms in total. The van der Waals surface area contributed by atoms with Gasteiger partial charge in [-0.15, -0.1) is 17.8 Å². The zero-order valence-corrected chi connectivity index (χ0v) is 9.89. The molecule has 0 aromatic carbocycles. The average Bonchev–Trinajstić information content (AvgIpc) is 2.69. The van der Waals surface area contributed by atoms with Gasteiger partial charge in [0, 0.05) is 17.7 Å². The van der Waals surface area contributed by atoms with Gasteiger partial charge in [-0.2, -0.15) is 0 Å². The number of hydrogen-bond donors (Lipinski definition) is 1. The highest BCUT2D eigenvalue weighted by molar-refractivity contribution is 7.14. The van der Waals surface area contributed by atoms with E-state index in [2.05, 4.69) is 11.2 Å². The summed E-state index contributed by atoms with van der Waals surface area (Å²) in [6, 6.07) is 3.69. The minimum Gasteiger partial charge on any atom is -0.345 e. The first-order chi connectivity index (χ1) is 7.63. The van der Waals surface area contributed by atoms with E-state index in [9.17, 15) is 9.59 Å². The number of ketones is 1. The Morgan fingerprint density at radius 2 is 2.19 bits per heavy atom. The third-order valence-electron chi connectivity index (χ3n) is 1.98. The maximum absolute atomic E-state index is 11.6. The van der Waals surface area contributed by atoms with E-state index in [1.54, 1.807) is 6.07 Å².